The van der Waals surface area contributed by atoms with Crippen molar-refractivity contribution >= 4 is 32.7 Å². The summed E-state index contributed by atoms with van der Waals surface area (Å²) in [7, 11) is 1.95. The van der Waals surface area contributed by atoms with E-state index >= 15 is 0 Å². The van der Waals surface area contributed by atoms with Gasteiger partial charge in [-0.2, -0.15) is 5.26 Å². The van der Waals surface area contributed by atoms with Gasteiger partial charge in [0.1, 0.15) is 5.75 Å². The molecule has 134 valence electrons. The van der Waals surface area contributed by atoms with Crippen LogP contribution < -0.4 is 15.0 Å². The zero-order valence-electron chi connectivity index (χ0n) is 14.4. The van der Waals surface area contributed by atoms with Crippen LogP contribution in [0.5, 0.6) is 5.75 Å². The standard InChI is InChI=1S/C18H19N5O2S/c1-22(8-7-19)11-2-3-12-16(11)20-17(24)23(12)18-21-15-10-6-9-25-13(10)4-5-14(15)26-18/h4-5,11-12,16H,2-3,6,8-9H2,1H3,(H,20,24)/t11-,12-,16+/m0/s1. The minimum atomic E-state index is -0.0815. The molecule has 8 heteroatoms. The van der Waals surface area contributed by atoms with Crippen molar-refractivity contribution < 1.29 is 9.53 Å². The van der Waals surface area contributed by atoms with Crippen LogP contribution in [0.25, 0.3) is 10.2 Å². The van der Waals surface area contributed by atoms with Crippen molar-refractivity contribution in [3.05, 3.63) is 17.7 Å². The molecule has 7 nitrogen and oxygen atoms in total. The number of fused-ring (bicyclic) bond motifs is 4. The number of thiazole rings is 1. The minimum Gasteiger partial charge on any atom is -0.493 e. The number of urea groups is 1. The highest BCUT2D eigenvalue weighted by Crippen LogP contribution is 2.41. The summed E-state index contributed by atoms with van der Waals surface area (Å²) in [5.41, 5.74) is 2.12. The van der Waals surface area contributed by atoms with Crippen LogP contribution in [0.15, 0.2) is 12.1 Å². The van der Waals surface area contributed by atoms with Gasteiger partial charge in [0, 0.05) is 18.0 Å². The topological polar surface area (TPSA) is 81.5 Å². The Morgan fingerprint density at radius 1 is 1.50 bits per heavy atom. The van der Waals surface area contributed by atoms with E-state index in [2.05, 4.69) is 11.4 Å². The molecule has 2 aliphatic heterocycles. The predicted molar refractivity (Wildman–Crippen MR) is 98.7 cm³/mol. The summed E-state index contributed by atoms with van der Waals surface area (Å²) in [6, 6.07) is 6.48. The number of ether oxygens (including phenoxy) is 1. The SMILES string of the molecule is CN(CC#N)[C@H]1CC[C@H]2[C@@H]1NC(=O)N2c1nc2c3c(ccc2s1)OCC3. The molecule has 1 saturated heterocycles. The fourth-order valence-corrected chi connectivity index (χ4v) is 5.57. The van der Waals surface area contributed by atoms with Crippen LogP contribution in [0.2, 0.25) is 0 Å². The summed E-state index contributed by atoms with van der Waals surface area (Å²) in [5, 5.41) is 12.9. The molecule has 1 aromatic carbocycles. The molecule has 1 saturated carbocycles. The largest absolute Gasteiger partial charge is 0.493 e. The molecule has 26 heavy (non-hydrogen) atoms. The maximum absolute atomic E-state index is 12.7. The van der Waals surface area contributed by atoms with Crippen molar-refractivity contribution in [1.29, 1.82) is 5.26 Å². The number of nitriles is 1. The molecule has 5 rings (SSSR count). The summed E-state index contributed by atoms with van der Waals surface area (Å²) in [6.45, 7) is 1.07. The lowest BCUT2D eigenvalue weighted by Gasteiger charge is -2.26. The molecule has 0 bridgehead atoms. The van der Waals surface area contributed by atoms with Crippen LogP contribution in [-0.4, -0.2) is 54.2 Å². The van der Waals surface area contributed by atoms with Crippen LogP contribution in [0, 0.1) is 11.3 Å². The number of carbonyl (C=O) groups is 1. The second-order valence-corrected chi connectivity index (χ2v) is 8.12. The number of hydrogen-bond donors (Lipinski definition) is 1. The molecule has 1 N–H and O–H groups in total. The average molecular weight is 369 g/mol. The molecule has 0 unspecified atom stereocenters. The van der Waals surface area contributed by atoms with Gasteiger partial charge < -0.3 is 10.1 Å². The van der Waals surface area contributed by atoms with Crippen molar-refractivity contribution in [3.63, 3.8) is 0 Å². The van der Waals surface area contributed by atoms with Gasteiger partial charge in [-0.15, -0.1) is 0 Å². The van der Waals surface area contributed by atoms with Crippen molar-refractivity contribution in [2.45, 2.75) is 37.4 Å². The highest BCUT2D eigenvalue weighted by atomic mass is 32.1. The van der Waals surface area contributed by atoms with Crippen molar-refractivity contribution in [2.75, 3.05) is 25.1 Å². The third-order valence-electron chi connectivity index (χ3n) is 5.74. The number of amides is 2. The number of hydrogen-bond acceptors (Lipinski definition) is 6. The van der Waals surface area contributed by atoms with Crippen LogP contribution in [0.4, 0.5) is 9.93 Å². The van der Waals surface area contributed by atoms with Gasteiger partial charge in [-0.3, -0.25) is 9.80 Å². The van der Waals surface area contributed by atoms with Gasteiger partial charge in [0.25, 0.3) is 0 Å². The Bertz CT molecular complexity index is 936. The molecular weight excluding hydrogens is 350 g/mol. The summed E-state index contributed by atoms with van der Waals surface area (Å²) in [6.07, 6.45) is 2.76. The van der Waals surface area contributed by atoms with Crippen molar-refractivity contribution in [2.24, 2.45) is 0 Å². The average Bonchev–Trinajstić information content (AvgIpc) is 3.35. The quantitative estimate of drug-likeness (QED) is 0.838. The van der Waals surface area contributed by atoms with E-state index in [1.807, 2.05) is 29.0 Å². The summed E-state index contributed by atoms with van der Waals surface area (Å²) in [5.74, 6) is 0.914. The Balaban J connectivity index is 1.48. The Kier molecular flexibility index (Phi) is 3.55. The lowest BCUT2D eigenvalue weighted by Crippen LogP contribution is -2.46. The number of nitrogens with one attached hydrogen (secondary N) is 1. The van der Waals surface area contributed by atoms with E-state index in [0.29, 0.717) is 13.2 Å². The number of carbonyl (C=O) groups excluding carboxylic acids is 1. The van der Waals surface area contributed by atoms with Crippen LogP contribution in [-0.2, 0) is 6.42 Å². The second kappa shape index (κ2) is 5.83. The summed E-state index contributed by atoms with van der Waals surface area (Å²) in [4.78, 5) is 21.4. The highest BCUT2D eigenvalue weighted by molar-refractivity contribution is 7.22. The van der Waals surface area contributed by atoms with E-state index in [-0.39, 0.29) is 24.2 Å². The monoisotopic (exact) mass is 369 g/mol. The summed E-state index contributed by atoms with van der Waals surface area (Å²) < 4.78 is 6.73. The molecule has 3 aliphatic rings. The van der Waals surface area contributed by atoms with Gasteiger partial charge in [0.2, 0.25) is 0 Å². The molecule has 2 fully saturated rings. The zero-order valence-corrected chi connectivity index (χ0v) is 15.3. The van der Waals surface area contributed by atoms with E-state index in [4.69, 9.17) is 15.0 Å². The molecule has 0 radical (unpaired) electrons. The van der Waals surface area contributed by atoms with E-state index in [1.54, 1.807) is 11.3 Å². The van der Waals surface area contributed by atoms with Gasteiger partial charge >= 0.3 is 6.03 Å². The number of rotatable bonds is 3. The van der Waals surface area contributed by atoms with Gasteiger partial charge in [0.15, 0.2) is 5.13 Å². The van der Waals surface area contributed by atoms with Gasteiger partial charge in [-0.05, 0) is 32.0 Å². The molecule has 0 spiro atoms. The predicted octanol–water partition coefficient (Wildman–Crippen LogP) is 2.12. The van der Waals surface area contributed by atoms with E-state index in [1.165, 1.54) is 0 Å². The van der Waals surface area contributed by atoms with Crippen molar-refractivity contribution in [1.82, 2.24) is 15.2 Å². The molecular formula is C18H19N5O2S. The first kappa shape index (κ1) is 15.9. The number of aromatic nitrogens is 1. The smallest absolute Gasteiger partial charge is 0.324 e. The fraction of sp³-hybridized carbons (Fsp3) is 0.500. The zero-order chi connectivity index (χ0) is 17.8. The molecule has 2 aromatic rings. The minimum absolute atomic E-state index is 0.0434. The highest BCUT2D eigenvalue weighted by Gasteiger charge is 2.50. The number of benzene rings is 1. The first-order valence-electron chi connectivity index (χ1n) is 8.89. The Morgan fingerprint density at radius 3 is 3.23 bits per heavy atom. The van der Waals surface area contributed by atoms with Crippen LogP contribution in [0.1, 0.15) is 18.4 Å². The second-order valence-electron chi connectivity index (χ2n) is 7.11. The maximum Gasteiger partial charge on any atom is 0.324 e. The van der Waals surface area contributed by atoms with Gasteiger partial charge in [0.05, 0.1) is 41.5 Å². The van der Waals surface area contributed by atoms with Crippen LogP contribution in [0.3, 0.4) is 0 Å². The normalized spacial score (nSPS) is 26.7. The lowest BCUT2D eigenvalue weighted by molar-refractivity contribution is 0.229. The Labute approximate surface area is 155 Å². The molecule has 1 aromatic heterocycles. The molecule has 3 heterocycles. The number of likely N-dealkylation sites (N-methyl/N-ethyl adjacent to an activating group) is 1. The fourth-order valence-electron chi connectivity index (χ4n) is 4.51. The third-order valence-corrected chi connectivity index (χ3v) is 6.76. The molecule has 2 amide bonds. The first-order chi connectivity index (χ1) is 12.7. The van der Waals surface area contributed by atoms with E-state index in [9.17, 15) is 4.79 Å². The maximum atomic E-state index is 12.7. The molecule has 3 atom stereocenters. The third kappa shape index (κ3) is 2.20. The van der Waals surface area contributed by atoms with Crippen molar-refractivity contribution in [3.8, 4) is 11.8 Å². The van der Waals surface area contributed by atoms with E-state index in [0.717, 1.165) is 45.9 Å². The Hall–Kier alpha value is -2.37. The van der Waals surface area contributed by atoms with Gasteiger partial charge in [-0.1, -0.05) is 11.3 Å². The van der Waals surface area contributed by atoms with Gasteiger partial charge in [-0.25, -0.2) is 9.78 Å². The first-order valence-corrected chi connectivity index (χ1v) is 9.71. The number of anilines is 1. The summed E-state index contributed by atoms with van der Waals surface area (Å²) >= 11 is 1.57. The molecule has 1 aliphatic carbocycles. The van der Waals surface area contributed by atoms with Crippen LogP contribution >= 0.6 is 11.3 Å². The number of nitrogens with zero attached hydrogens (tertiary/aromatic N) is 4. The van der Waals surface area contributed by atoms with E-state index < -0.39 is 0 Å². The lowest BCUT2D eigenvalue weighted by atomic mass is 10.1. The Morgan fingerprint density at radius 2 is 2.38 bits per heavy atom.